The van der Waals surface area contributed by atoms with Gasteiger partial charge >= 0.3 is 5.97 Å². The van der Waals surface area contributed by atoms with Crippen molar-refractivity contribution in [1.82, 2.24) is 0 Å². The fraction of sp³-hybridized carbons (Fsp3) is 0.406. The molecule has 1 heterocycles. The summed E-state index contributed by atoms with van der Waals surface area (Å²) < 4.78 is 38.6. The van der Waals surface area contributed by atoms with E-state index in [2.05, 4.69) is 0 Å². The van der Waals surface area contributed by atoms with E-state index in [1.54, 1.807) is 35.5 Å². The molecular formula is C32H38O8. The Labute approximate surface area is 236 Å². The van der Waals surface area contributed by atoms with E-state index in [1.165, 1.54) is 0 Å². The first-order chi connectivity index (χ1) is 19.5. The summed E-state index contributed by atoms with van der Waals surface area (Å²) in [6.45, 7) is 0.933. The van der Waals surface area contributed by atoms with Gasteiger partial charge in [-0.3, -0.25) is 4.79 Å². The quantitative estimate of drug-likeness (QED) is 0.197. The van der Waals surface area contributed by atoms with Crippen molar-refractivity contribution in [2.24, 2.45) is 11.8 Å². The van der Waals surface area contributed by atoms with Gasteiger partial charge in [-0.15, -0.1) is 0 Å². The zero-order chi connectivity index (χ0) is 28.5. The number of aryl methyl sites for hydroxylation is 1. The molecule has 1 aliphatic rings. The van der Waals surface area contributed by atoms with E-state index < -0.39 is 0 Å². The molecule has 3 aromatic carbocycles. The van der Waals surface area contributed by atoms with Gasteiger partial charge in [-0.1, -0.05) is 18.2 Å². The number of methoxy groups -OCH3 is 5. The molecule has 0 aromatic heterocycles. The van der Waals surface area contributed by atoms with E-state index in [0.717, 1.165) is 35.3 Å². The standard InChI is InChI=1S/C32H38O8/c1-34-26-11-8-21(17-29(26)36-3)7-6-14-39-28-13-10-23(19-31(28)38-5)16-25-24(20-40-32(25)33)15-22-9-12-27(35-2)30(18-22)37-4/h8-13,17-19,24-25H,6-7,14-16,20H2,1-5H3/t24-,25+/m0/s1. The summed E-state index contributed by atoms with van der Waals surface area (Å²) in [5.74, 6) is 3.75. The van der Waals surface area contributed by atoms with E-state index in [0.29, 0.717) is 54.8 Å². The Morgan fingerprint density at radius 3 is 1.75 bits per heavy atom. The van der Waals surface area contributed by atoms with E-state index in [9.17, 15) is 4.79 Å². The highest BCUT2D eigenvalue weighted by Crippen LogP contribution is 2.35. The maximum absolute atomic E-state index is 12.7. The smallest absolute Gasteiger partial charge is 0.309 e. The lowest BCUT2D eigenvalue weighted by Gasteiger charge is -2.18. The number of carbonyl (C=O) groups excluding carboxylic acids is 1. The molecule has 40 heavy (non-hydrogen) atoms. The van der Waals surface area contributed by atoms with Crippen molar-refractivity contribution in [2.75, 3.05) is 48.8 Å². The van der Waals surface area contributed by atoms with E-state index in [4.69, 9.17) is 33.2 Å². The Bertz CT molecular complexity index is 1290. The van der Waals surface area contributed by atoms with Crippen molar-refractivity contribution in [1.29, 1.82) is 0 Å². The molecule has 8 nitrogen and oxygen atoms in total. The molecule has 0 aliphatic carbocycles. The number of esters is 1. The molecule has 0 amide bonds. The predicted molar refractivity (Wildman–Crippen MR) is 151 cm³/mol. The van der Waals surface area contributed by atoms with Gasteiger partial charge in [-0.25, -0.2) is 0 Å². The van der Waals surface area contributed by atoms with Gasteiger partial charge in [0, 0.05) is 5.92 Å². The van der Waals surface area contributed by atoms with E-state index in [1.807, 2.05) is 54.6 Å². The summed E-state index contributed by atoms with van der Waals surface area (Å²) in [5, 5.41) is 0. The van der Waals surface area contributed by atoms with Crippen LogP contribution in [0.3, 0.4) is 0 Å². The minimum absolute atomic E-state index is 0.0594. The molecule has 0 unspecified atom stereocenters. The summed E-state index contributed by atoms with van der Waals surface area (Å²) in [7, 11) is 8.11. The number of rotatable bonds is 14. The van der Waals surface area contributed by atoms with Gasteiger partial charge in [0.2, 0.25) is 0 Å². The third-order valence-electron chi connectivity index (χ3n) is 7.26. The average Bonchev–Trinajstić information content (AvgIpc) is 3.33. The maximum atomic E-state index is 12.7. The number of hydrogen-bond acceptors (Lipinski definition) is 8. The van der Waals surface area contributed by atoms with E-state index >= 15 is 0 Å². The fourth-order valence-corrected chi connectivity index (χ4v) is 5.07. The fourth-order valence-electron chi connectivity index (χ4n) is 5.07. The van der Waals surface area contributed by atoms with Crippen LogP contribution in [0.4, 0.5) is 0 Å². The molecule has 0 bridgehead atoms. The van der Waals surface area contributed by atoms with Crippen LogP contribution in [0.2, 0.25) is 0 Å². The normalized spacial score (nSPS) is 16.3. The lowest BCUT2D eigenvalue weighted by molar-refractivity contribution is -0.141. The maximum Gasteiger partial charge on any atom is 0.309 e. The second-order valence-electron chi connectivity index (χ2n) is 9.72. The van der Waals surface area contributed by atoms with Crippen LogP contribution in [0.5, 0.6) is 34.5 Å². The predicted octanol–water partition coefficient (Wildman–Crippen LogP) is 5.32. The Balaban J connectivity index is 1.35. The van der Waals surface area contributed by atoms with Crippen LogP contribution >= 0.6 is 0 Å². The van der Waals surface area contributed by atoms with Crippen molar-refractivity contribution in [3.63, 3.8) is 0 Å². The molecule has 3 aromatic rings. The monoisotopic (exact) mass is 550 g/mol. The molecule has 0 saturated carbocycles. The molecule has 4 rings (SSSR count). The van der Waals surface area contributed by atoms with Gasteiger partial charge < -0.3 is 33.2 Å². The Morgan fingerprint density at radius 1 is 0.650 bits per heavy atom. The first kappa shape index (κ1) is 28.9. The molecule has 1 aliphatic heterocycles. The summed E-state index contributed by atoms with van der Waals surface area (Å²) in [6, 6.07) is 17.6. The van der Waals surface area contributed by atoms with Crippen LogP contribution in [0, 0.1) is 11.8 Å². The minimum atomic E-state index is -0.244. The first-order valence-electron chi connectivity index (χ1n) is 13.4. The summed E-state index contributed by atoms with van der Waals surface area (Å²) in [4.78, 5) is 12.7. The summed E-state index contributed by atoms with van der Waals surface area (Å²) in [5.41, 5.74) is 3.21. The SMILES string of the molecule is COc1ccc(CCCOc2ccc(C[C@H]3C(=O)OC[C@@H]3Cc3ccc(OC)c(OC)c3)cc2OC)cc1OC. The summed E-state index contributed by atoms with van der Waals surface area (Å²) in [6.07, 6.45) is 2.93. The van der Waals surface area contributed by atoms with Crippen LogP contribution in [-0.2, 0) is 28.8 Å². The first-order valence-corrected chi connectivity index (χ1v) is 13.4. The highest BCUT2D eigenvalue weighted by Gasteiger charge is 2.37. The van der Waals surface area contributed by atoms with Crippen molar-refractivity contribution in [3.05, 3.63) is 71.3 Å². The molecule has 0 radical (unpaired) electrons. The van der Waals surface area contributed by atoms with Crippen LogP contribution in [-0.4, -0.2) is 54.7 Å². The van der Waals surface area contributed by atoms with Gasteiger partial charge in [0.05, 0.1) is 54.7 Å². The second-order valence-corrected chi connectivity index (χ2v) is 9.72. The average molecular weight is 551 g/mol. The number of carbonyl (C=O) groups is 1. The third-order valence-corrected chi connectivity index (χ3v) is 7.26. The number of benzene rings is 3. The van der Waals surface area contributed by atoms with Crippen molar-refractivity contribution < 1.29 is 38.0 Å². The number of ether oxygens (including phenoxy) is 7. The Morgan fingerprint density at radius 2 is 1.15 bits per heavy atom. The van der Waals surface area contributed by atoms with Crippen LogP contribution in [0.1, 0.15) is 23.1 Å². The van der Waals surface area contributed by atoms with Gasteiger partial charge in [-0.2, -0.15) is 0 Å². The molecule has 1 saturated heterocycles. The Hall–Kier alpha value is -4.07. The van der Waals surface area contributed by atoms with Crippen LogP contribution in [0.25, 0.3) is 0 Å². The third kappa shape index (κ3) is 6.92. The highest BCUT2D eigenvalue weighted by atomic mass is 16.5. The van der Waals surface area contributed by atoms with Crippen molar-refractivity contribution >= 4 is 5.97 Å². The van der Waals surface area contributed by atoms with Gasteiger partial charge in [0.1, 0.15) is 0 Å². The number of cyclic esters (lactones) is 1. The molecule has 0 spiro atoms. The molecule has 8 heteroatoms. The molecule has 0 N–H and O–H groups in total. The lowest BCUT2D eigenvalue weighted by atomic mass is 9.85. The minimum Gasteiger partial charge on any atom is -0.493 e. The van der Waals surface area contributed by atoms with Crippen molar-refractivity contribution in [3.8, 4) is 34.5 Å². The summed E-state index contributed by atoms with van der Waals surface area (Å²) >= 11 is 0. The zero-order valence-electron chi connectivity index (χ0n) is 23.9. The molecule has 2 atom stereocenters. The molecule has 214 valence electrons. The molecule has 1 fully saturated rings. The lowest BCUT2D eigenvalue weighted by Crippen LogP contribution is -2.20. The van der Waals surface area contributed by atoms with Gasteiger partial charge in [0.15, 0.2) is 34.5 Å². The second kappa shape index (κ2) is 13.8. The van der Waals surface area contributed by atoms with Gasteiger partial charge in [-0.05, 0) is 78.8 Å². The van der Waals surface area contributed by atoms with Crippen molar-refractivity contribution in [2.45, 2.75) is 25.7 Å². The Kier molecular flexibility index (Phi) is 10.00. The van der Waals surface area contributed by atoms with Gasteiger partial charge in [0.25, 0.3) is 0 Å². The molecular weight excluding hydrogens is 512 g/mol. The highest BCUT2D eigenvalue weighted by molar-refractivity contribution is 5.75. The topological polar surface area (TPSA) is 81.7 Å². The zero-order valence-corrected chi connectivity index (χ0v) is 23.9. The largest absolute Gasteiger partial charge is 0.493 e. The van der Waals surface area contributed by atoms with Crippen LogP contribution in [0.15, 0.2) is 54.6 Å². The van der Waals surface area contributed by atoms with Crippen LogP contribution < -0.4 is 28.4 Å². The number of hydrogen-bond donors (Lipinski definition) is 0. The van der Waals surface area contributed by atoms with E-state index in [-0.39, 0.29) is 17.8 Å².